The van der Waals surface area contributed by atoms with E-state index >= 15 is 0 Å². The van der Waals surface area contributed by atoms with Crippen molar-refractivity contribution in [3.8, 4) is 0 Å². The SMILES string of the molecule is ClCC[C@@H]1CCCO1. The van der Waals surface area contributed by atoms with Gasteiger partial charge in [0.1, 0.15) is 0 Å². The van der Waals surface area contributed by atoms with Gasteiger partial charge in [-0.15, -0.1) is 11.6 Å². The summed E-state index contributed by atoms with van der Waals surface area (Å²) in [6, 6.07) is 0. The van der Waals surface area contributed by atoms with Crippen LogP contribution in [0.3, 0.4) is 0 Å². The fourth-order valence-electron chi connectivity index (χ4n) is 0.994. The lowest BCUT2D eigenvalue weighted by Crippen LogP contribution is -2.04. The van der Waals surface area contributed by atoms with Gasteiger partial charge >= 0.3 is 0 Å². The first-order valence-corrected chi connectivity index (χ1v) is 3.64. The highest BCUT2D eigenvalue weighted by Gasteiger charge is 2.13. The minimum absolute atomic E-state index is 0.479. The molecule has 0 saturated carbocycles. The van der Waals surface area contributed by atoms with Crippen molar-refractivity contribution >= 4 is 11.6 Å². The highest BCUT2D eigenvalue weighted by Crippen LogP contribution is 2.15. The largest absolute Gasteiger partial charge is 0.378 e. The molecule has 0 unspecified atom stereocenters. The van der Waals surface area contributed by atoms with Gasteiger partial charge in [-0.25, -0.2) is 0 Å². The van der Waals surface area contributed by atoms with Crippen molar-refractivity contribution < 1.29 is 4.74 Å². The van der Waals surface area contributed by atoms with Crippen molar-refractivity contribution in [1.29, 1.82) is 0 Å². The van der Waals surface area contributed by atoms with Crippen LogP contribution >= 0.6 is 11.6 Å². The predicted molar refractivity (Wildman–Crippen MR) is 34.3 cm³/mol. The Kier molecular flexibility index (Phi) is 2.64. The van der Waals surface area contributed by atoms with Gasteiger partial charge in [0.2, 0.25) is 0 Å². The second-order valence-electron chi connectivity index (χ2n) is 2.11. The first-order chi connectivity index (χ1) is 3.93. The summed E-state index contributed by atoms with van der Waals surface area (Å²) in [6.45, 7) is 0.946. The van der Waals surface area contributed by atoms with Gasteiger partial charge in [0.25, 0.3) is 0 Å². The Labute approximate surface area is 55.0 Å². The van der Waals surface area contributed by atoms with Crippen LogP contribution in [0.15, 0.2) is 0 Å². The van der Waals surface area contributed by atoms with Gasteiger partial charge in [0.05, 0.1) is 6.10 Å². The van der Waals surface area contributed by atoms with Gasteiger partial charge in [-0.3, -0.25) is 0 Å². The zero-order chi connectivity index (χ0) is 5.82. The number of halogens is 1. The third-order valence-corrected chi connectivity index (χ3v) is 1.67. The van der Waals surface area contributed by atoms with Crippen molar-refractivity contribution in [2.24, 2.45) is 0 Å². The van der Waals surface area contributed by atoms with E-state index in [9.17, 15) is 0 Å². The van der Waals surface area contributed by atoms with Gasteiger partial charge in [0, 0.05) is 12.5 Å². The molecule has 48 valence electrons. The number of ether oxygens (including phenoxy) is 1. The first-order valence-electron chi connectivity index (χ1n) is 3.11. The zero-order valence-corrected chi connectivity index (χ0v) is 5.66. The summed E-state index contributed by atoms with van der Waals surface area (Å²) in [6.07, 6.45) is 3.95. The Morgan fingerprint density at radius 3 is 3.00 bits per heavy atom. The van der Waals surface area contributed by atoms with Crippen LogP contribution in [-0.2, 0) is 4.74 Å². The molecule has 1 nitrogen and oxygen atoms in total. The minimum atomic E-state index is 0.479. The van der Waals surface area contributed by atoms with E-state index in [1.54, 1.807) is 0 Å². The van der Waals surface area contributed by atoms with E-state index in [0.29, 0.717) is 6.10 Å². The maximum absolute atomic E-state index is 5.50. The van der Waals surface area contributed by atoms with Gasteiger partial charge in [0.15, 0.2) is 0 Å². The van der Waals surface area contributed by atoms with Crippen LogP contribution in [0.1, 0.15) is 19.3 Å². The van der Waals surface area contributed by atoms with Gasteiger partial charge in [-0.1, -0.05) is 0 Å². The quantitative estimate of drug-likeness (QED) is 0.524. The Balaban J connectivity index is 2.06. The Morgan fingerprint density at radius 1 is 1.62 bits per heavy atom. The van der Waals surface area contributed by atoms with Crippen LogP contribution in [-0.4, -0.2) is 18.6 Å². The number of alkyl halides is 1. The number of hydrogen-bond acceptors (Lipinski definition) is 1. The van der Waals surface area contributed by atoms with Crippen LogP contribution in [0.5, 0.6) is 0 Å². The fraction of sp³-hybridized carbons (Fsp3) is 1.00. The highest BCUT2D eigenvalue weighted by atomic mass is 35.5. The van der Waals surface area contributed by atoms with Crippen LogP contribution in [0, 0.1) is 0 Å². The molecule has 1 fully saturated rings. The minimum Gasteiger partial charge on any atom is -0.378 e. The van der Waals surface area contributed by atoms with E-state index in [0.717, 1.165) is 18.9 Å². The van der Waals surface area contributed by atoms with Gasteiger partial charge in [-0.05, 0) is 19.3 Å². The molecule has 0 aromatic carbocycles. The molecule has 0 radical (unpaired) electrons. The first kappa shape index (κ1) is 6.37. The van der Waals surface area contributed by atoms with Crippen LogP contribution in [0.4, 0.5) is 0 Å². The van der Waals surface area contributed by atoms with Crippen molar-refractivity contribution in [2.75, 3.05) is 12.5 Å². The Bertz CT molecular complexity index is 59.5. The highest BCUT2D eigenvalue weighted by molar-refractivity contribution is 6.17. The average molecular weight is 135 g/mol. The number of rotatable bonds is 2. The van der Waals surface area contributed by atoms with E-state index in [1.165, 1.54) is 12.8 Å². The summed E-state index contributed by atoms with van der Waals surface area (Å²) in [7, 11) is 0. The normalized spacial score (nSPS) is 28.9. The molecule has 1 heterocycles. The van der Waals surface area contributed by atoms with E-state index in [4.69, 9.17) is 16.3 Å². The predicted octanol–water partition coefficient (Wildman–Crippen LogP) is 1.79. The monoisotopic (exact) mass is 134 g/mol. The molecule has 8 heavy (non-hydrogen) atoms. The summed E-state index contributed by atoms with van der Waals surface area (Å²) in [4.78, 5) is 0. The van der Waals surface area contributed by atoms with E-state index in [2.05, 4.69) is 0 Å². The molecule has 1 rings (SSSR count). The average Bonchev–Trinajstić information content (AvgIpc) is 2.19. The lowest BCUT2D eigenvalue weighted by molar-refractivity contribution is 0.109. The summed E-state index contributed by atoms with van der Waals surface area (Å²) < 4.78 is 5.31. The summed E-state index contributed by atoms with van der Waals surface area (Å²) >= 11 is 5.50. The van der Waals surface area contributed by atoms with Crippen LogP contribution < -0.4 is 0 Å². The summed E-state index contributed by atoms with van der Waals surface area (Å²) in [5.41, 5.74) is 0. The molecule has 0 spiro atoms. The fourth-order valence-corrected chi connectivity index (χ4v) is 1.24. The molecule has 0 N–H and O–H groups in total. The van der Waals surface area contributed by atoms with Gasteiger partial charge in [-0.2, -0.15) is 0 Å². The molecule has 0 amide bonds. The molecule has 0 aliphatic carbocycles. The molecular formula is C6H11ClO. The Morgan fingerprint density at radius 2 is 2.50 bits per heavy atom. The molecule has 1 saturated heterocycles. The molecule has 1 aliphatic heterocycles. The second kappa shape index (κ2) is 3.31. The molecule has 2 heteroatoms. The zero-order valence-electron chi connectivity index (χ0n) is 4.90. The Hall–Kier alpha value is 0.250. The second-order valence-corrected chi connectivity index (χ2v) is 2.49. The van der Waals surface area contributed by atoms with E-state index in [1.807, 2.05) is 0 Å². The lowest BCUT2D eigenvalue weighted by atomic mass is 10.2. The third kappa shape index (κ3) is 1.64. The standard InChI is InChI=1S/C6H11ClO/c7-4-3-6-2-1-5-8-6/h6H,1-5H2/t6-/m0/s1. The van der Waals surface area contributed by atoms with E-state index < -0.39 is 0 Å². The molecule has 0 aromatic rings. The van der Waals surface area contributed by atoms with E-state index in [-0.39, 0.29) is 0 Å². The van der Waals surface area contributed by atoms with Crippen molar-refractivity contribution in [3.05, 3.63) is 0 Å². The van der Waals surface area contributed by atoms with Crippen molar-refractivity contribution in [1.82, 2.24) is 0 Å². The molecule has 1 atom stereocenters. The van der Waals surface area contributed by atoms with Gasteiger partial charge < -0.3 is 4.74 Å². The lowest BCUT2D eigenvalue weighted by Gasteiger charge is -2.03. The number of hydrogen-bond donors (Lipinski definition) is 0. The molecule has 0 bridgehead atoms. The molecule has 1 aliphatic rings. The third-order valence-electron chi connectivity index (χ3n) is 1.46. The molecular weight excluding hydrogens is 124 g/mol. The maximum Gasteiger partial charge on any atom is 0.0587 e. The topological polar surface area (TPSA) is 9.23 Å². The summed E-state index contributed by atoms with van der Waals surface area (Å²) in [5, 5.41) is 0. The van der Waals surface area contributed by atoms with Crippen LogP contribution in [0.2, 0.25) is 0 Å². The van der Waals surface area contributed by atoms with Crippen molar-refractivity contribution in [2.45, 2.75) is 25.4 Å². The summed E-state index contributed by atoms with van der Waals surface area (Å²) in [5.74, 6) is 0.741. The molecule has 0 aromatic heterocycles. The maximum atomic E-state index is 5.50. The smallest absolute Gasteiger partial charge is 0.0587 e. The van der Waals surface area contributed by atoms with Crippen molar-refractivity contribution in [3.63, 3.8) is 0 Å². The van der Waals surface area contributed by atoms with Crippen LogP contribution in [0.25, 0.3) is 0 Å².